The maximum Gasteiger partial charge on any atom is 0.357 e. The van der Waals surface area contributed by atoms with Crippen LogP contribution in [0, 0.1) is 6.92 Å². The van der Waals surface area contributed by atoms with Crippen molar-refractivity contribution in [3.63, 3.8) is 0 Å². The zero-order valence-corrected chi connectivity index (χ0v) is 16.7. The van der Waals surface area contributed by atoms with Gasteiger partial charge in [-0.15, -0.1) is 0 Å². The minimum Gasteiger partial charge on any atom is -0.360 e. The van der Waals surface area contributed by atoms with E-state index in [9.17, 15) is 4.57 Å². The summed E-state index contributed by atoms with van der Waals surface area (Å²) in [5.74, 6) is 0.346. The Morgan fingerprint density at radius 1 is 1.12 bits per heavy atom. The summed E-state index contributed by atoms with van der Waals surface area (Å²) in [7, 11) is -3.57. The molecule has 25 heavy (non-hydrogen) atoms. The first-order valence-electron chi connectivity index (χ1n) is 8.11. The molecule has 0 spiro atoms. The number of rotatable bonds is 8. The molecule has 0 saturated carbocycles. The van der Waals surface area contributed by atoms with E-state index >= 15 is 0 Å². The molecule has 0 saturated heterocycles. The van der Waals surface area contributed by atoms with Crippen LogP contribution in [-0.4, -0.2) is 17.4 Å². The molecule has 1 aromatic carbocycles. The zero-order valence-electron chi connectivity index (χ0n) is 15.0. The van der Waals surface area contributed by atoms with E-state index in [0.29, 0.717) is 16.6 Å². The van der Waals surface area contributed by atoms with Gasteiger partial charge in [0.25, 0.3) is 0 Å². The number of hydrogen-bond donors (Lipinski definition) is 1. The Kier molecular flexibility index (Phi) is 6.69. The molecule has 138 valence electrons. The molecule has 1 heterocycles. The molecule has 0 radical (unpaired) electrons. The second-order valence-electron chi connectivity index (χ2n) is 6.27. The maximum atomic E-state index is 13.6. The summed E-state index contributed by atoms with van der Waals surface area (Å²) in [6.45, 7) is 9.04. The molecular weight excluding hydrogens is 363 g/mol. The summed E-state index contributed by atoms with van der Waals surface area (Å²) in [4.78, 5) is 0. The van der Waals surface area contributed by atoms with Crippen molar-refractivity contribution >= 4 is 25.0 Å². The number of aryl methyl sites for hydroxylation is 1. The standard InChI is InChI=1S/C17H24ClN2O4P/c1-11(2)23-25(21,24-12(3)4)17(14-6-8-15(18)9-7-14)19-16-10-13(5)22-20-16/h6-12,17H,1-5H3,(H,19,20). The lowest BCUT2D eigenvalue weighted by molar-refractivity contribution is 0.138. The fourth-order valence-corrected chi connectivity index (χ4v) is 4.72. The molecule has 2 rings (SSSR count). The quantitative estimate of drug-likeness (QED) is 0.579. The van der Waals surface area contributed by atoms with Crippen LogP contribution in [0.25, 0.3) is 0 Å². The third-order valence-electron chi connectivity index (χ3n) is 3.13. The molecule has 8 heteroatoms. The Labute approximate surface area is 153 Å². The first-order valence-corrected chi connectivity index (χ1v) is 10.1. The number of nitrogens with one attached hydrogen (secondary N) is 1. The first kappa shape index (κ1) is 20.0. The van der Waals surface area contributed by atoms with Gasteiger partial charge in [-0.3, -0.25) is 4.57 Å². The fourth-order valence-electron chi connectivity index (χ4n) is 2.30. The molecule has 1 N–H and O–H groups in total. The van der Waals surface area contributed by atoms with E-state index < -0.39 is 13.4 Å². The van der Waals surface area contributed by atoms with Gasteiger partial charge in [-0.1, -0.05) is 28.9 Å². The van der Waals surface area contributed by atoms with Crippen molar-refractivity contribution in [3.05, 3.63) is 46.7 Å². The van der Waals surface area contributed by atoms with E-state index in [1.807, 2.05) is 27.7 Å². The van der Waals surface area contributed by atoms with Crippen LogP contribution in [0.4, 0.5) is 5.82 Å². The third-order valence-corrected chi connectivity index (χ3v) is 5.87. The summed E-state index contributed by atoms with van der Waals surface area (Å²) in [6.07, 6.45) is -0.555. The Morgan fingerprint density at radius 3 is 2.12 bits per heavy atom. The molecular formula is C17H24ClN2O4P. The average molecular weight is 387 g/mol. The number of hydrogen-bond acceptors (Lipinski definition) is 6. The molecule has 6 nitrogen and oxygen atoms in total. The molecule has 1 atom stereocenters. The first-order chi connectivity index (χ1) is 11.7. The van der Waals surface area contributed by atoms with Crippen molar-refractivity contribution in [1.29, 1.82) is 0 Å². The maximum absolute atomic E-state index is 13.6. The van der Waals surface area contributed by atoms with Crippen molar-refractivity contribution in [2.75, 3.05) is 5.32 Å². The lowest BCUT2D eigenvalue weighted by Crippen LogP contribution is -2.19. The minimum atomic E-state index is -3.57. The third kappa shape index (κ3) is 5.58. The largest absolute Gasteiger partial charge is 0.360 e. The van der Waals surface area contributed by atoms with E-state index in [4.69, 9.17) is 25.2 Å². The van der Waals surface area contributed by atoms with Gasteiger partial charge in [-0.25, -0.2) is 0 Å². The Hall–Kier alpha value is -1.33. The summed E-state index contributed by atoms with van der Waals surface area (Å²) >= 11 is 5.98. The minimum absolute atomic E-state index is 0.278. The van der Waals surface area contributed by atoms with Crippen molar-refractivity contribution < 1.29 is 18.1 Å². The summed E-state index contributed by atoms with van der Waals surface area (Å²) in [6, 6.07) is 8.75. The molecule has 0 bridgehead atoms. The molecule has 0 amide bonds. The highest BCUT2D eigenvalue weighted by Gasteiger charge is 2.40. The van der Waals surface area contributed by atoms with E-state index in [1.165, 1.54) is 0 Å². The van der Waals surface area contributed by atoms with Crippen LogP contribution in [-0.2, 0) is 13.6 Å². The van der Waals surface area contributed by atoms with Crippen molar-refractivity contribution in [2.24, 2.45) is 0 Å². The smallest absolute Gasteiger partial charge is 0.357 e. The van der Waals surface area contributed by atoms with E-state index in [2.05, 4.69) is 10.5 Å². The molecule has 0 aliphatic rings. The number of nitrogens with zero attached hydrogens (tertiary/aromatic N) is 1. The average Bonchev–Trinajstić information content (AvgIpc) is 2.89. The second-order valence-corrected chi connectivity index (χ2v) is 8.72. The topological polar surface area (TPSA) is 73.6 Å². The molecule has 0 fully saturated rings. The van der Waals surface area contributed by atoms with Gasteiger partial charge in [-0.2, -0.15) is 0 Å². The van der Waals surface area contributed by atoms with Crippen LogP contribution >= 0.6 is 19.2 Å². The van der Waals surface area contributed by atoms with E-state index in [-0.39, 0.29) is 12.2 Å². The van der Waals surface area contributed by atoms with Gasteiger partial charge < -0.3 is 18.9 Å². The zero-order chi connectivity index (χ0) is 18.6. The van der Waals surface area contributed by atoms with Gasteiger partial charge in [0.15, 0.2) is 11.6 Å². The monoisotopic (exact) mass is 386 g/mol. The second kappa shape index (κ2) is 8.37. The van der Waals surface area contributed by atoms with Crippen LogP contribution < -0.4 is 5.32 Å². The van der Waals surface area contributed by atoms with Gasteiger partial charge >= 0.3 is 7.60 Å². The highest BCUT2D eigenvalue weighted by molar-refractivity contribution is 7.54. The van der Waals surface area contributed by atoms with Crippen molar-refractivity contribution in [3.8, 4) is 0 Å². The summed E-state index contributed by atoms with van der Waals surface area (Å²) < 4.78 is 30.2. The number of aromatic nitrogens is 1. The van der Waals surface area contributed by atoms with Gasteiger partial charge in [0.05, 0.1) is 12.2 Å². The van der Waals surface area contributed by atoms with Crippen LogP contribution in [0.2, 0.25) is 5.02 Å². The van der Waals surface area contributed by atoms with Gasteiger partial charge in [0, 0.05) is 11.1 Å². The molecule has 1 aromatic heterocycles. The molecule has 0 aliphatic heterocycles. The molecule has 1 unspecified atom stereocenters. The van der Waals surface area contributed by atoms with Gasteiger partial charge in [0.1, 0.15) is 5.76 Å². The predicted octanol–water partition coefficient (Wildman–Crippen LogP) is 5.79. The van der Waals surface area contributed by atoms with E-state index in [0.717, 1.165) is 5.56 Å². The van der Waals surface area contributed by atoms with Crippen LogP contribution in [0.15, 0.2) is 34.9 Å². The van der Waals surface area contributed by atoms with Crippen molar-refractivity contribution in [1.82, 2.24) is 5.16 Å². The Morgan fingerprint density at radius 2 is 1.68 bits per heavy atom. The lowest BCUT2D eigenvalue weighted by atomic mass is 10.2. The Bertz CT molecular complexity index is 717. The number of halogens is 1. The summed E-state index contributed by atoms with van der Waals surface area (Å²) in [5.41, 5.74) is 0.717. The Balaban J connectivity index is 2.45. The van der Waals surface area contributed by atoms with Crippen LogP contribution in [0.5, 0.6) is 0 Å². The predicted molar refractivity (Wildman–Crippen MR) is 99.1 cm³/mol. The van der Waals surface area contributed by atoms with E-state index in [1.54, 1.807) is 37.3 Å². The van der Waals surface area contributed by atoms with Crippen molar-refractivity contribution in [2.45, 2.75) is 52.6 Å². The SMILES string of the molecule is Cc1cc(NC(c2ccc(Cl)cc2)P(=O)(OC(C)C)OC(C)C)no1. The molecule has 0 aliphatic carbocycles. The number of anilines is 1. The number of benzene rings is 1. The summed E-state index contributed by atoms with van der Waals surface area (Å²) in [5, 5.41) is 7.64. The van der Waals surface area contributed by atoms with Gasteiger partial charge in [-0.05, 0) is 52.3 Å². The lowest BCUT2D eigenvalue weighted by Gasteiger charge is -2.30. The highest BCUT2D eigenvalue weighted by Crippen LogP contribution is 2.62. The van der Waals surface area contributed by atoms with Crippen LogP contribution in [0.3, 0.4) is 0 Å². The highest BCUT2D eigenvalue weighted by atomic mass is 35.5. The molecule has 2 aromatic rings. The fraction of sp³-hybridized carbons (Fsp3) is 0.471. The normalized spacial score (nSPS) is 13.4. The van der Waals surface area contributed by atoms with Crippen LogP contribution in [0.1, 0.15) is 44.8 Å². The van der Waals surface area contributed by atoms with Gasteiger partial charge in [0.2, 0.25) is 0 Å².